The molecule has 1 unspecified atom stereocenters. The number of piperidine rings is 1. The highest BCUT2D eigenvalue weighted by atomic mass is 19.4. The highest BCUT2D eigenvalue weighted by Crippen LogP contribution is 2.24. The van der Waals surface area contributed by atoms with Crippen molar-refractivity contribution in [1.82, 2.24) is 14.9 Å². The van der Waals surface area contributed by atoms with Crippen molar-refractivity contribution in [3.63, 3.8) is 0 Å². The third-order valence-corrected chi connectivity index (χ3v) is 4.00. The number of hydrogen-bond acceptors (Lipinski definition) is 4. The minimum Gasteiger partial charge on any atom is -0.341 e. The lowest BCUT2D eigenvalue weighted by atomic mass is 10.0. The van der Waals surface area contributed by atoms with E-state index in [1.807, 2.05) is 18.9 Å². The van der Waals surface area contributed by atoms with E-state index >= 15 is 0 Å². The molecule has 1 aliphatic heterocycles. The molecule has 5 nitrogen and oxygen atoms in total. The molecule has 8 heteroatoms. The molecule has 2 rings (SSSR count). The number of carbonyl (C=O) groups excluding carboxylic acids is 1. The van der Waals surface area contributed by atoms with Crippen molar-refractivity contribution in [1.29, 1.82) is 0 Å². The topological polar surface area (TPSA) is 49.3 Å². The smallest absolute Gasteiger partial charge is 0.341 e. The van der Waals surface area contributed by atoms with Gasteiger partial charge >= 0.3 is 6.18 Å². The maximum atomic E-state index is 12.2. The highest BCUT2D eigenvalue weighted by Gasteiger charge is 2.31. The third-order valence-electron chi connectivity index (χ3n) is 4.00. The van der Waals surface area contributed by atoms with Crippen molar-refractivity contribution in [3.8, 4) is 0 Å². The zero-order valence-corrected chi connectivity index (χ0v) is 13.3. The van der Waals surface area contributed by atoms with Gasteiger partial charge in [-0.2, -0.15) is 13.2 Å². The van der Waals surface area contributed by atoms with Crippen LogP contribution in [-0.4, -0.2) is 53.1 Å². The Hall–Kier alpha value is -1.86. The van der Waals surface area contributed by atoms with Gasteiger partial charge in [0.25, 0.3) is 0 Å². The van der Waals surface area contributed by atoms with Gasteiger partial charge in [-0.25, -0.2) is 9.97 Å². The number of likely N-dealkylation sites (N-methyl/N-ethyl adjacent to an activating group) is 1. The van der Waals surface area contributed by atoms with Gasteiger partial charge in [0.15, 0.2) is 0 Å². The van der Waals surface area contributed by atoms with Gasteiger partial charge < -0.3 is 9.80 Å². The summed E-state index contributed by atoms with van der Waals surface area (Å²) in [6.07, 6.45) is -0.792. The lowest BCUT2D eigenvalue weighted by Gasteiger charge is -2.37. The molecule has 1 aromatic rings. The van der Waals surface area contributed by atoms with E-state index in [0.29, 0.717) is 19.0 Å². The van der Waals surface area contributed by atoms with E-state index < -0.39 is 24.9 Å². The lowest BCUT2D eigenvalue weighted by molar-refractivity contribution is -0.149. The first kappa shape index (κ1) is 17.5. The average Bonchev–Trinajstić information content (AvgIpc) is 2.52. The summed E-state index contributed by atoms with van der Waals surface area (Å²) < 4.78 is 36.7. The number of likely N-dealkylation sites (tertiary alicyclic amines) is 1. The Kier molecular flexibility index (Phi) is 5.43. The van der Waals surface area contributed by atoms with Crippen LogP contribution in [0.3, 0.4) is 0 Å². The number of carbonyl (C=O) groups is 1. The molecule has 2 heterocycles. The molecule has 0 aromatic carbocycles. The van der Waals surface area contributed by atoms with Crippen LogP contribution in [0.15, 0.2) is 12.4 Å². The van der Waals surface area contributed by atoms with Crippen molar-refractivity contribution >= 4 is 11.9 Å². The highest BCUT2D eigenvalue weighted by molar-refractivity contribution is 5.76. The largest absolute Gasteiger partial charge is 0.389 e. The second-order valence-electron chi connectivity index (χ2n) is 5.92. The number of hydrogen-bond donors (Lipinski definition) is 0. The Morgan fingerprint density at radius 2 is 2.04 bits per heavy atom. The van der Waals surface area contributed by atoms with Crippen LogP contribution in [0.2, 0.25) is 0 Å². The van der Waals surface area contributed by atoms with Crippen LogP contribution in [0.5, 0.6) is 0 Å². The molecule has 0 saturated carbocycles. The van der Waals surface area contributed by atoms with Crippen molar-refractivity contribution in [2.75, 3.05) is 25.0 Å². The maximum absolute atomic E-state index is 12.2. The molecule has 1 amide bonds. The molecule has 0 N–H and O–H groups in total. The summed E-state index contributed by atoms with van der Waals surface area (Å²) >= 11 is 0. The maximum Gasteiger partial charge on any atom is 0.389 e. The molecular weight excluding hydrogens is 309 g/mol. The molecule has 0 aliphatic carbocycles. The van der Waals surface area contributed by atoms with Gasteiger partial charge in [0.1, 0.15) is 0 Å². The van der Waals surface area contributed by atoms with E-state index in [4.69, 9.17) is 0 Å². The number of amides is 1. The summed E-state index contributed by atoms with van der Waals surface area (Å²) in [4.78, 5) is 23.9. The SMILES string of the molecule is Cc1cnc(N(C)C2CCCN(C(=O)CCC(F)(F)F)C2)nc1. The molecule has 1 saturated heterocycles. The second-order valence-corrected chi connectivity index (χ2v) is 5.92. The van der Waals surface area contributed by atoms with E-state index in [1.165, 1.54) is 4.90 Å². The summed E-state index contributed by atoms with van der Waals surface area (Å²) in [5.74, 6) is 0.121. The minimum atomic E-state index is -4.29. The van der Waals surface area contributed by atoms with Gasteiger partial charge in [0.05, 0.1) is 6.42 Å². The van der Waals surface area contributed by atoms with E-state index in [9.17, 15) is 18.0 Å². The molecule has 128 valence electrons. The fraction of sp³-hybridized carbons (Fsp3) is 0.667. The van der Waals surface area contributed by atoms with E-state index in [1.54, 1.807) is 12.4 Å². The molecular formula is C15H21F3N4O. The zero-order valence-electron chi connectivity index (χ0n) is 13.3. The first-order valence-electron chi connectivity index (χ1n) is 7.62. The first-order valence-corrected chi connectivity index (χ1v) is 7.62. The number of halogens is 3. The van der Waals surface area contributed by atoms with Gasteiger partial charge in [0, 0.05) is 45.0 Å². The quantitative estimate of drug-likeness (QED) is 0.851. The fourth-order valence-electron chi connectivity index (χ4n) is 2.64. The number of aromatic nitrogens is 2. The van der Waals surface area contributed by atoms with Gasteiger partial charge in [-0.3, -0.25) is 4.79 Å². The van der Waals surface area contributed by atoms with Crippen LogP contribution in [-0.2, 0) is 4.79 Å². The summed E-state index contributed by atoms with van der Waals surface area (Å²) in [5.41, 5.74) is 0.953. The number of aryl methyl sites for hydroxylation is 1. The average molecular weight is 330 g/mol. The monoisotopic (exact) mass is 330 g/mol. The number of alkyl halides is 3. The van der Waals surface area contributed by atoms with E-state index in [0.717, 1.165) is 18.4 Å². The van der Waals surface area contributed by atoms with Crippen LogP contribution in [0.25, 0.3) is 0 Å². The number of nitrogens with zero attached hydrogens (tertiary/aromatic N) is 4. The Morgan fingerprint density at radius 3 is 2.65 bits per heavy atom. The minimum absolute atomic E-state index is 0.0151. The molecule has 0 bridgehead atoms. The molecule has 1 fully saturated rings. The van der Waals surface area contributed by atoms with Crippen LogP contribution < -0.4 is 4.90 Å². The van der Waals surface area contributed by atoms with Crippen LogP contribution in [0, 0.1) is 6.92 Å². The summed E-state index contributed by atoms with van der Waals surface area (Å²) in [6, 6.07) is 0.0151. The van der Waals surface area contributed by atoms with Crippen molar-refractivity contribution in [3.05, 3.63) is 18.0 Å². The standard InChI is InChI=1S/C15H21F3N4O/c1-11-8-19-14(20-9-11)21(2)12-4-3-7-22(10-12)13(23)5-6-15(16,17)18/h8-9,12H,3-7,10H2,1-2H3. The normalized spacial score (nSPS) is 18.8. The zero-order chi connectivity index (χ0) is 17.0. The Balaban J connectivity index is 1.94. The Morgan fingerprint density at radius 1 is 1.39 bits per heavy atom. The van der Waals surface area contributed by atoms with E-state index in [-0.39, 0.29) is 6.04 Å². The van der Waals surface area contributed by atoms with Crippen LogP contribution in [0.1, 0.15) is 31.2 Å². The molecule has 1 aliphatic rings. The first-order chi connectivity index (χ1) is 10.8. The van der Waals surface area contributed by atoms with Crippen molar-refractivity contribution in [2.45, 2.75) is 44.8 Å². The van der Waals surface area contributed by atoms with Gasteiger partial charge in [-0.05, 0) is 25.3 Å². The molecule has 23 heavy (non-hydrogen) atoms. The van der Waals surface area contributed by atoms with Crippen molar-refractivity contribution < 1.29 is 18.0 Å². The fourth-order valence-corrected chi connectivity index (χ4v) is 2.64. The van der Waals surface area contributed by atoms with Gasteiger partial charge in [-0.1, -0.05) is 0 Å². The predicted octanol–water partition coefficient (Wildman–Crippen LogP) is 2.55. The number of anilines is 1. The molecule has 1 atom stereocenters. The second kappa shape index (κ2) is 7.14. The van der Waals surface area contributed by atoms with Crippen LogP contribution in [0.4, 0.5) is 19.1 Å². The summed E-state index contributed by atoms with van der Waals surface area (Å²) in [7, 11) is 1.85. The molecule has 0 radical (unpaired) electrons. The van der Waals surface area contributed by atoms with E-state index in [2.05, 4.69) is 9.97 Å². The Bertz CT molecular complexity index is 533. The van der Waals surface area contributed by atoms with Gasteiger partial charge in [0.2, 0.25) is 11.9 Å². The molecule has 0 spiro atoms. The molecule has 1 aromatic heterocycles. The van der Waals surface area contributed by atoms with Crippen LogP contribution >= 0.6 is 0 Å². The Labute approximate surface area is 133 Å². The van der Waals surface area contributed by atoms with Gasteiger partial charge in [-0.15, -0.1) is 0 Å². The summed E-state index contributed by atoms with van der Waals surface area (Å²) in [5, 5.41) is 0. The summed E-state index contributed by atoms with van der Waals surface area (Å²) in [6.45, 7) is 2.81. The lowest BCUT2D eigenvalue weighted by Crippen LogP contribution is -2.49. The van der Waals surface area contributed by atoms with Crippen molar-refractivity contribution in [2.24, 2.45) is 0 Å². The third kappa shape index (κ3) is 5.07. The number of rotatable bonds is 4. The predicted molar refractivity (Wildman–Crippen MR) is 80.1 cm³/mol.